The number of carbonyl (C=O) groups excluding carboxylic acids is 1. The Kier molecular flexibility index (Phi) is 5.54. The summed E-state index contributed by atoms with van der Waals surface area (Å²) in [5, 5.41) is 1.64. The summed E-state index contributed by atoms with van der Waals surface area (Å²) >= 11 is 0. The fourth-order valence-electron chi connectivity index (χ4n) is 2.68. The zero-order chi connectivity index (χ0) is 16.8. The first-order valence-corrected chi connectivity index (χ1v) is 8.07. The van der Waals surface area contributed by atoms with Gasteiger partial charge in [-0.1, -0.05) is 66.7 Å². The van der Waals surface area contributed by atoms with Crippen molar-refractivity contribution in [3.63, 3.8) is 0 Å². The van der Waals surface area contributed by atoms with Gasteiger partial charge in [0.15, 0.2) is 6.23 Å². The molecule has 1 aliphatic heterocycles. The maximum atomic E-state index is 11.4. The summed E-state index contributed by atoms with van der Waals surface area (Å²) in [7, 11) is 0. The van der Waals surface area contributed by atoms with Crippen LogP contribution in [0.25, 0.3) is 6.08 Å². The molecule has 0 bridgehead atoms. The average molecular weight is 323 g/mol. The van der Waals surface area contributed by atoms with Crippen molar-refractivity contribution in [1.82, 2.24) is 5.06 Å². The van der Waals surface area contributed by atoms with Gasteiger partial charge in [-0.25, -0.2) is 0 Å². The molecule has 2 aromatic carbocycles. The summed E-state index contributed by atoms with van der Waals surface area (Å²) in [6, 6.07) is 19.4. The lowest BCUT2D eigenvalue weighted by molar-refractivity contribution is -0.211. The zero-order valence-corrected chi connectivity index (χ0v) is 13.6. The highest BCUT2D eigenvalue weighted by Crippen LogP contribution is 2.25. The maximum Gasteiger partial charge on any atom is 0.153 e. The van der Waals surface area contributed by atoms with Crippen molar-refractivity contribution >= 4 is 12.4 Å². The van der Waals surface area contributed by atoms with E-state index in [1.807, 2.05) is 79.7 Å². The highest BCUT2D eigenvalue weighted by Gasteiger charge is 2.39. The van der Waals surface area contributed by atoms with Gasteiger partial charge in [-0.15, -0.1) is 5.06 Å². The third-order valence-corrected chi connectivity index (χ3v) is 4.00. The van der Waals surface area contributed by atoms with E-state index in [9.17, 15) is 4.79 Å². The molecule has 3 rings (SSSR count). The monoisotopic (exact) mass is 323 g/mol. The minimum Gasteiger partial charge on any atom is -0.352 e. The standard InChI is InChI=1S/C20H21NO3/c1-16-19(14-22)21(23-15-18-10-6-3-7-11-18)20(24-16)13-12-17-8-4-2-5-9-17/h2-14,16,19-20H,15H2,1H3. The molecule has 2 aromatic rings. The van der Waals surface area contributed by atoms with Gasteiger partial charge in [0.2, 0.25) is 0 Å². The van der Waals surface area contributed by atoms with E-state index < -0.39 is 6.04 Å². The lowest BCUT2D eigenvalue weighted by Gasteiger charge is -2.23. The minimum absolute atomic E-state index is 0.219. The number of rotatable bonds is 6. The van der Waals surface area contributed by atoms with Gasteiger partial charge in [-0.05, 0) is 24.1 Å². The Hall–Kier alpha value is -2.27. The second-order valence-corrected chi connectivity index (χ2v) is 5.75. The molecule has 4 heteroatoms. The van der Waals surface area contributed by atoms with Crippen LogP contribution in [0.3, 0.4) is 0 Å². The van der Waals surface area contributed by atoms with Gasteiger partial charge in [0.1, 0.15) is 12.3 Å². The van der Waals surface area contributed by atoms with E-state index in [1.54, 1.807) is 5.06 Å². The molecule has 24 heavy (non-hydrogen) atoms. The molecule has 0 aromatic heterocycles. The number of aldehydes is 1. The van der Waals surface area contributed by atoms with E-state index in [-0.39, 0.29) is 12.3 Å². The quantitative estimate of drug-likeness (QED) is 0.763. The predicted octanol–water partition coefficient (Wildman–Crippen LogP) is 3.45. The molecule has 3 unspecified atom stereocenters. The second-order valence-electron chi connectivity index (χ2n) is 5.75. The van der Waals surface area contributed by atoms with Gasteiger partial charge >= 0.3 is 0 Å². The summed E-state index contributed by atoms with van der Waals surface area (Å²) < 4.78 is 5.87. The van der Waals surface area contributed by atoms with E-state index in [0.29, 0.717) is 6.61 Å². The summed E-state index contributed by atoms with van der Waals surface area (Å²) in [6.07, 6.45) is 4.17. The molecule has 4 nitrogen and oxygen atoms in total. The Labute approximate surface area is 142 Å². The number of hydroxylamine groups is 2. The molecule has 0 saturated carbocycles. The van der Waals surface area contributed by atoms with Crippen LogP contribution in [0, 0.1) is 0 Å². The van der Waals surface area contributed by atoms with Gasteiger partial charge in [0.05, 0.1) is 12.7 Å². The summed E-state index contributed by atoms with van der Waals surface area (Å²) in [4.78, 5) is 17.3. The summed E-state index contributed by atoms with van der Waals surface area (Å²) in [5.41, 5.74) is 2.12. The molecule has 0 aliphatic carbocycles. The molecular weight excluding hydrogens is 302 g/mol. The second kappa shape index (κ2) is 8.02. The lowest BCUT2D eigenvalue weighted by atomic mass is 10.2. The number of ether oxygens (including phenoxy) is 1. The molecule has 3 atom stereocenters. The first-order chi connectivity index (χ1) is 11.8. The number of nitrogens with zero attached hydrogens (tertiary/aromatic N) is 1. The molecule has 0 spiro atoms. The van der Waals surface area contributed by atoms with Gasteiger partial charge in [0, 0.05) is 0 Å². The summed E-state index contributed by atoms with van der Waals surface area (Å²) in [6.45, 7) is 2.28. The van der Waals surface area contributed by atoms with Crippen molar-refractivity contribution < 1.29 is 14.4 Å². The normalized spacial score (nSPS) is 24.5. The average Bonchev–Trinajstić information content (AvgIpc) is 2.94. The van der Waals surface area contributed by atoms with E-state index in [2.05, 4.69) is 0 Å². The van der Waals surface area contributed by atoms with Crippen LogP contribution >= 0.6 is 0 Å². The van der Waals surface area contributed by atoms with Gasteiger partial charge in [-0.3, -0.25) is 4.84 Å². The number of hydrogen-bond acceptors (Lipinski definition) is 4. The van der Waals surface area contributed by atoms with Crippen LogP contribution < -0.4 is 0 Å². The smallest absolute Gasteiger partial charge is 0.153 e. The molecule has 0 radical (unpaired) electrons. The van der Waals surface area contributed by atoms with E-state index in [0.717, 1.165) is 17.4 Å². The SMILES string of the molecule is CC1OC(C=Cc2ccccc2)N(OCc2ccccc2)C1C=O. The fourth-order valence-corrected chi connectivity index (χ4v) is 2.68. The topological polar surface area (TPSA) is 38.8 Å². The Bertz CT molecular complexity index is 672. The van der Waals surface area contributed by atoms with E-state index in [4.69, 9.17) is 9.57 Å². The van der Waals surface area contributed by atoms with Gasteiger partial charge in [0.25, 0.3) is 0 Å². The Morgan fingerprint density at radius 3 is 2.42 bits per heavy atom. The first kappa shape index (κ1) is 16.6. The first-order valence-electron chi connectivity index (χ1n) is 8.07. The van der Waals surface area contributed by atoms with Crippen molar-refractivity contribution in [3.8, 4) is 0 Å². The number of benzene rings is 2. The Balaban J connectivity index is 1.71. The van der Waals surface area contributed by atoms with Crippen molar-refractivity contribution in [2.45, 2.75) is 31.9 Å². The highest BCUT2D eigenvalue weighted by molar-refractivity contribution is 5.59. The maximum absolute atomic E-state index is 11.4. The van der Waals surface area contributed by atoms with Crippen LogP contribution in [0.1, 0.15) is 18.1 Å². The van der Waals surface area contributed by atoms with Crippen molar-refractivity contribution in [2.24, 2.45) is 0 Å². The predicted molar refractivity (Wildman–Crippen MR) is 92.7 cm³/mol. The van der Waals surface area contributed by atoms with Crippen LogP contribution in [-0.4, -0.2) is 29.7 Å². The molecule has 1 heterocycles. The number of carbonyl (C=O) groups is 1. The third kappa shape index (κ3) is 3.97. The highest BCUT2D eigenvalue weighted by atomic mass is 16.7. The van der Waals surface area contributed by atoms with Crippen molar-refractivity contribution in [3.05, 3.63) is 77.9 Å². The molecule has 1 fully saturated rings. The van der Waals surface area contributed by atoms with Crippen molar-refractivity contribution in [2.75, 3.05) is 0 Å². The zero-order valence-electron chi connectivity index (χ0n) is 13.6. The van der Waals surface area contributed by atoms with Gasteiger partial charge in [-0.2, -0.15) is 0 Å². The van der Waals surface area contributed by atoms with E-state index >= 15 is 0 Å². The van der Waals surface area contributed by atoms with Crippen LogP contribution in [0.4, 0.5) is 0 Å². The molecule has 1 saturated heterocycles. The molecule has 0 N–H and O–H groups in total. The van der Waals surface area contributed by atoms with E-state index in [1.165, 1.54) is 0 Å². The molecule has 1 aliphatic rings. The number of hydrogen-bond donors (Lipinski definition) is 0. The third-order valence-electron chi connectivity index (χ3n) is 4.00. The Morgan fingerprint density at radius 1 is 1.08 bits per heavy atom. The van der Waals surface area contributed by atoms with Crippen LogP contribution in [0.2, 0.25) is 0 Å². The van der Waals surface area contributed by atoms with Gasteiger partial charge < -0.3 is 9.53 Å². The minimum atomic E-state index is -0.417. The molecule has 0 amide bonds. The molecular formula is C20H21NO3. The fraction of sp³-hybridized carbons (Fsp3) is 0.250. The van der Waals surface area contributed by atoms with Crippen LogP contribution in [0.15, 0.2) is 66.7 Å². The lowest BCUT2D eigenvalue weighted by Crippen LogP contribution is -2.38. The van der Waals surface area contributed by atoms with Crippen LogP contribution in [-0.2, 0) is 21.0 Å². The largest absolute Gasteiger partial charge is 0.352 e. The summed E-state index contributed by atoms with van der Waals surface area (Å²) in [5.74, 6) is 0. The Morgan fingerprint density at radius 2 is 1.75 bits per heavy atom. The molecule has 124 valence electrons. The van der Waals surface area contributed by atoms with Crippen LogP contribution in [0.5, 0.6) is 0 Å². The van der Waals surface area contributed by atoms with Crippen molar-refractivity contribution in [1.29, 1.82) is 0 Å².